The molecule has 0 saturated heterocycles. The van der Waals surface area contributed by atoms with Gasteiger partial charge in [0, 0.05) is 43.2 Å². The number of ketones is 1. The minimum absolute atomic E-state index is 0.0819. The van der Waals surface area contributed by atoms with E-state index in [1.54, 1.807) is 20.1 Å². The summed E-state index contributed by atoms with van der Waals surface area (Å²) in [6.07, 6.45) is -0.348. The van der Waals surface area contributed by atoms with Gasteiger partial charge in [0.05, 0.1) is 23.5 Å². The highest BCUT2D eigenvalue weighted by atomic mass is 16.6. The first-order valence-corrected chi connectivity index (χ1v) is 10.2. The van der Waals surface area contributed by atoms with Crippen molar-refractivity contribution in [3.8, 4) is 0 Å². The Morgan fingerprint density at radius 2 is 1.85 bits per heavy atom. The third kappa shape index (κ3) is 4.67. The van der Waals surface area contributed by atoms with Gasteiger partial charge in [-0.1, -0.05) is 6.07 Å². The molecule has 0 fully saturated rings. The minimum atomic E-state index is -0.838. The number of carbonyl (C=O) groups is 4. The van der Waals surface area contributed by atoms with Gasteiger partial charge in [-0.2, -0.15) is 0 Å². The van der Waals surface area contributed by atoms with Crippen molar-refractivity contribution in [1.29, 1.82) is 0 Å². The summed E-state index contributed by atoms with van der Waals surface area (Å²) in [6.45, 7) is 3.92. The maximum Gasteiger partial charge on any atom is 0.308 e. The van der Waals surface area contributed by atoms with Crippen LogP contribution in [0.2, 0.25) is 0 Å². The summed E-state index contributed by atoms with van der Waals surface area (Å²) in [5.74, 6) is -2.71. The van der Waals surface area contributed by atoms with E-state index in [-0.39, 0.29) is 29.9 Å². The summed E-state index contributed by atoms with van der Waals surface area (Å²) in [4.78, 5) is 60.8. The first kappa shape index (κ1) is 23.8. The molecule has 11 heteroatoms. The van der Waals surface area contributed by atoms with Crippen LogP contribution in [0.25, 0.3) is 0 Å². The lowest BCUT2D eigenvalue weighted by Crippen LogP contribution is -2.32. The van der Waals surface area contributed by atoms with Gasteiger partial charge in [-0.05, 0) is 26.0 Å². The van der Waals surface area contributed by atoms with Gasteiger partial charge >= 0.3 is 5.97 Å². The zero-order valence-electron chi connectivity index (χ0n) is 18.5. The minimum Gasteiger partial charge on any atom is -0.457 e. The molecule has 0 bridgehead atoms. The molecule has 1 aromatic heterocycles. The second-order valence-electron chi connectivity index (χ2n) is 7.48. The van der Waals surface area contributed by atoms with Crippen LogP contribution >= 0.6 is 0 Å². The lowest BCUT2D eigenvalue weighted by atomic mass is 10.1. The molecular weight excluding hydrogens is 434 g/mol. The Balaban J connectivity index is 1.58. The number of amides is 2. The fourth-order valence-electron chi connectivity index (χ4n) is 3.78. The predicted molar refractivity (Wildman–Crippen MR) is 114 cm³/mol. The molecule has 1 aliphatic rings. The number of imide groups is 1. The van der Waals surface area contributed by atoms with Crippen LogP contribution < -0.4 is 0 Å². The summed E-state index contributed by atoms with van der Waals surface area (Å²) in [7, 11) is 1.59. The number of aromatic nitrogens is 1. The highest BCUT2D eigenvalue weighted by Gasteiger charge is 2.40. The van der Waals surface area contributed by atoms with Crippen molar-refractivity contribution in [2.75, 3.05) is 26.9 Å². The number of ether oxygens (including phenoxy) is 2. The fraction of sp³-hybridized carbons (Fsp3) is 0.364. The number of Topliss-reactive ketones (excluding diaryl/α,β-unsaturated/α-hetero) is 1. The molecule has 0 radical (unpaired) electrons. The summed E-state index contributed by atoms with van der Waals surface area (Å²) in [6, 6.07) is 5.49. The second kappa shape index (κ2) is 9.74. The van der Waals surface area contributed by atoms with Crippen LogP contribution in [0.1, 0.15) is 48.9 Å². The Hall–Kier alpha value is -3.86. The number of aryl methyl sites for hydroxylation is 1. The van der Waals surface area contributed by atoms with Gasteiger partial charge in [0.25, 0.3) is 17.5 Å². The molecule has 0 unspecified atom stereocenters. The van der Waals surface area contributed by atoms with E-state index >= 15 is 0 Å². The van der Waals surface area contributed by atoms with Gasteiger partial charge in [-0.25, -0.2) is 0 Å². The van der Waals surface area contributed by atoms with Gasteiger partial charge in [0.2, 0.25) is 5.78 Å². The van der Waals surface area contributed by atoms with Gasteiger partial charge < -0.3 is 14.0 Å². The smallest absolute Gasteiger partial charge is 0.308 e. The number of nitro benzene ring substituents is 1. The van der Waals surface area contributed by atoms with Gasteiger partial charge in [0.15, 0.2) is 6.61 Å². The number of carbonyl (C=O) groups excluding carboxylic acids is 4. The van der Waals surface area contributed by atoms with E-state index in [0.717, 1.165) is 22.4 Å². The molecule has 0 N–H and O–H groups in total. The molecule has 0 spiro atoms. The van der Waals surface area contributed by atoms with E-state index in [1.807, 2.05) is 11.5 Å². The Bertz CT molecular complexity index is 1150. The summed E-state index contributed by atoms with van der Waals surface area (Å²) >= 11 is 0. The molecule has 0 aliphatic carbocycles. The molecular formula is C22H23N3O8. The average molecular weight is 457 g/mol. The first-order valence-electron chi connectivity index (χ1n) is 10.2. The van der Waals surface area contributed by atoms with E-state index in [2.05, 4.69) is 0 Å². The van der Waals surface area contributed by atoms with Gasteiger partial charge in [0.1, 0.15) is 5.56 Å². The molecule has 2 aromatic rings. The lowest BCUT2D eigenvalue weighted by Gasteiger charge is -2.13. The number of esters is 1. The summed E-state index contributed by atoms with van der Waals surface area (Å²) in [5, 5.41) is 11.2. The highest BCUT2D eigenvalue weighted by molar-refractivity contribution is 6.23. The number of hydrogen-bond donors (Lipinski definition) is 0. The third-order valence-electron chi connectivity index (χ3n) is 5.47. The maximum absolute atomic E-state index is 12.5. The highest BCUT2D eigenvalue weighted by Crippen LogP contribution is 2.30. The third-order valence-corrected chi connectivity index (χ3v) is 5.47. The van der Waals surface area contributed by atoms with Crippen molar-refractivity contribution in [3.63, 3.8) is 0 Å². The van der Waals surface area contributed by atoms with Crippen molar-refractivity contribution < 1.29 is 33.6 Å². The van der Waals surface area contributed by atoms with Crippen molar-refractivity contribution in [3.05, 3.63) is 62.5 Å². The van der Waals surface area contributed by atoms with Crippen molar-refractivity contribution >= 4 is 29.3 Å². The molecule has 0 atom stereocenters. The van der Waals surface area contributed by atoms with E-state index in [1.165, 1.54) is 12.1 Å². The molecule has 0 saturated carbocycles. The number of hydrogen-bond acceptors (Lipinski definition) is 8. The summed E-state index contributed by atoms with van der Waals surface area (Å²) < 4.78 is 12.0. The van der Waals surface area contributed by atoms with E-state index < -0.39 is 35.0 Å². The lowest BCUT2D eigenvalue weighted by molar-refractivity contribution is -0.385. The number of benzene rings is 1. The second-order valence-corrected chi connectivity index (χ2v) is 7.48. The molecule has 11 nitrogen and oxygen atoms in total. The molecule has 174 valence electrons. The number of rotatable bonds is 10. The quantitative estimate of drug-likeness (QED) is 0.174. The molecule has 3 rings (SSSR count). The Morgan fingerprint density at radius 3 is 2.52 bits per heavy atom. The van der Waals surface area contributed by atoms with Crippen LogP contribution in [0.4, 0.5) is 5.69 Å². The number of methoxy groups -OCH3 is 1. The zero-order valence-corrected chi connectivity index (χ0v) is 18.5. The van der Waals surface area contributed by atoms with E-state index in [0.29, 0.717) is 18.7 Å². The van der Waals surface area contributed by atoms with Crippen LogP contribution in [-0.2, 0) is 20.8 Å². The average Bonchev–Trinajstić information content (AvgIpc) is 3.21. The van der Waals surface area contributed by atoms with Gasteiger partial charge in [-0.15, -0.1) is 0 Å². The molecule has 33 heavy (non-hydrogen) atoms. The number of nitrogens with zero attached hydrogens (tertiary/aromatic N) is 3. The van der Waals surface area contributed by atoms with E-state index in [4.69, 9.17) is 9.47 Å². The Kier molecular flexibility index (Phi) is 7.02. The standard InChI is InChI=1S/C22H23N3O8/c1-13-11-16(14(2)23(13)9-10-32-3)18(26)12-33-19(27)7-8-24-21(28)15-5-4-6-17(25(30)31)20(15)22(24)29/h4-6,11H,7-10,12H2,1-3H3. The normalized spacial score (nSPS) is 12.8. The Morgan fingerprint density at radius 1 is 1.12 bits per heavy atom. The zero-order chi connectivity index (χ0) is 24.3. The van der Waals surface area contributed by atoms with Crippen molar-refractivity contribution in [1.82, 2.24) is 9.47 Å². The topological polar surface area (TPSA) is 138 Å². The number of nitro groups is 1. The Labute approximate surface area is 189 Å². The molecule has 1 aliphatic heterocycles. The molecule has 1 aromatic carbocycles. The van der Waals surface area contributed by atoms with Crippen LogP contribution in [0.3, 0.4) is 0 Å². The monoisotopic (exact) mass is 457 g/mol. The molecule has 2 heterocycles. The van der Waals surface area contributed by atoms with Crippen LogP contribution in [-0.4, -0.2) is 64.8 Å². The SMILES string of the molecule is COCCn1c(C)cc(C(=O)COC(=O)CCN2C(=O)c3cccc([N+](=O)[O-])c3C2=O)c1C. The molecule has 2 amide bonds. The van der Waals surface area contributed by atoms with Crippen molar-refractivity contribution in [2.24, 2.45) is 0 Å². The van der Waals surface area contributed by atoms with Crippen LogP contribution in [0, 0.1) is 24.0 Å². The largest absolute Gasteiger partial charge is 0.457 e. The van der Waals surface area contributed by atoms with Crippen molar-refractivity contribution in [2.45, 2.75) is 26.8 Å². The van der Waals surface area contributed by atoms with E-state index in [9.17, 15) is 29.3 Å². The summed E-state index contributed by atoms with van der Waals surface area (Å²) in [5.41, 5.74) is 1.20. The van der Waals surface area contributed by atoms with Gasteiger partial charge in [-0.3, -0.25) is 34.2 Å². The fourth-order valence-corrected chi connectivity index (χ4v) is 3.78. The van der Waals surface area contributed by atoms with Crippen LogP contribution in [0.5, 0.6) is 0 Å². The first-order chi connectivity index (χ1) is 15.7. The maximum atomic E-state index is 12.5. The van der Waals surface area contributed by atoms with Crippen LogP contribution in [0.15, 0.2) is 24.3 Å². The number of fused-ring (bicyclic) bond motifs is 1. The predicted octanol–water partition coefficient (Wildman–Crippen LogP) is 2.07.